The number of aromatic nitrogens is 3. The highest BCUT2D eigenvalue weighted by atomic mass is 16.5. The molecule has 0 spiro atoms. The van der Waals surface area contributed by atoms with Gasteiger partial charge in [-0.05, 0) is 19.1 Å². The molecule has 0 aliphatic carbocycles. The average molecular weight is 359 g/mol. The lowest BCUT2D eigenvalue weighted by molar-refractivity contribution is -0.153. The number of pyridine rings is 1. The highest BCUT2D eigenvalue weighted by molar-refractivity contribution is 5.83. The normalized spacial score (nSPS) is 17.5. The molecule has 1 aliphatic rings. The van der Waals surface area contributed by atoms with Gasteiger partial charge in [0.1, 0.15) is 11.3 Å². The van der Waals surface area contributed by atoms with Crippen molar-refractivity contribution in [2.75, 3.05) is 33.3 Å². The molecule has 1 saturated heterocycles. The third-order valence-corrected chi connectivity index (χ3v) is 4.83. The highest BCUT2D eigenvalue weighted by Gasteiger charge is 2.30. The minimum Gasteiger partial charge on any atom is -0.365 e. The van der Waals surface area contributed by atoms with Crippen molar-refractivity contribution in [2.24, 2.45) is 7.05 Å². The fourth-order valence-electron chi connectivity index (χ4n) is 3.10. The summed E-state index contributed by atoms with van der Waals surface area (Å²) in [5.41, 5.74) is 1.65. The summed E-state index contributed by atoms with van der Waals surface area (Å²) in [5.74, 6) is 0.773. The Morgan fingerprint density at radius 3 is 2.96 bits per heavy atom. The maximum Gasteiger partial charge on any atom is 0.253 e. The summed E-state index contributed by atoms with van der Waals surface area (Å²) in [6.45, 7) is 3.74. The summed E-state index contributed by atoms with van der Waals surface area (Å²) in [6, 6.07) is 3.76. The number of rotatable bonds is 5. The van der Waals surface area contributed by atoms with E-state index < -0.39 is 6.10 Å². The van der Waals surface area contributed by atoms with E-state index in [0.717, 1.165) is 17.0 Å². The van der Waals surface area contributed by atoms with Gasteiger partial charge in [0, 0.05) is 46.2 Å². The van der Waals surface area contributed by atoms with Crippen molar-refractivity contribution in [1.29, 1.82) is 0 Å². The average Bonchev–Trinajstić information content (AvgIpc) is 3.01. The van der Waals surface area contributed by atoms with E-state index in [2.05, 4.69) is 9.97 Å². The highest BCUT2D eigenvalue weighted by Crippen LogP contribution is 2.14. The number of hydrogen-bond donors (Lipinski definition) is 0. The number of fused-ring (bicyclic) bond motifs is 1. The van der Waals surface area contributed by atoms with Crippen LogP contribution in [0.5, 0.6) is 0 Å². The van der Waals surface area contributed by atoms with Crippen LogP contribution in [-0.4, -0.2) is 75.5 Å². The summed E-state index contributed by atoms with van der Waals surface area (Å²) in [7, 11) is 3.65. The number of imidazole rings is 1. The van der Waals surface area contributed by atoms with Crippen LogP contribution in [-0.2, 0) is 27.8 Å². The number of hydrogen-bond acceptors (Lipinski definition) is 5. The summed E-state index contributed by atoms with van der Waals surface area (Å²) in [6.07, 6.45) is 2.05. The lowest BCUT2D eigenvalue weighted by Gasteiger charge is -2.33. The van der Waals surface area contributed by atoms with Crippen LogP contribution in [0.4, 0.5) is 0 Å². The van der Waals surface area contributed by atoms with Gasteiger partial charge in [-0.1, -0.05) is 0 Å². The van der Waals surface area contributed by atoms with Crippen molar-refractivity contribution in [3.8, 4) is 0 Å². The van der Waals surface area contributed by atoms with E-state index in [1.807, 2.05) is 30.7 Å². The largest absolute Gasteiger partial charge is 0.365 e. The number of carbonyl (C=O) groups excluding carboxylic acids is 2. The molecule has 1 aliphatic heterocycles. The van der Waals surface area contributed by atoms with Gasteiger partial charge < -0.3 is 19.1 Å². The lowest BCUT2D eigenvalue weighted by atomic mass is 10.2. The van der Waals surface area contributed by atoms with Gasteiger partial charge in [0.15, 0.2) is 11.8 Å². The molecule has 2 aromatic heterocycles. The van der Waals surface area contributed by atoms with Crippen LogP contribution in [0.3, 0.4) is 0 Å². The Balaban J connectivity index is 1.60. The zero-order chi connectivity index (χ0) is 18.7. The summed E-state index contributed by atoms with van der Waals surface area (Å²) < 4.78 is 7.48. The Morgan fingerprint density at radius 1 is 1.42 bits per heavy atom. The first-order valence-corrected chi connectivity index (χ1v) is 8.92. The predicted molar refractivity (Wildman–Crippen MR) is 96.5 cm³/mol. The summed E-state index contributed by atoms with van der Waals surface area (Å²) in [4.78, 5) is 37.1. The Kier molecular flexibility index (Phi) is 5.51. The third kappa shape index (κ3) is 3.70. The lowest BCUT2D eigenvalue weighted by Crippen LogP contribution is -2.51. The number of amides is 2. The number of ether oxygens (including phenoxy) is 1. The molecule has 1 fully saturated rings. The maximum atomic E-state index is 12.6. The fourth-order valence-corrected chi connectivity index (χ4v) is 3.10. The molecule has 0 N–H and O–H groups in total. The smallest absolute Gasteiger partial charge is 0.253 e. The summed E-state index contributed by atoms with van der Waals surface area (Å²) in [5, 5.41) is 0. The Bertz CT molecular complexity index is 803. The predicted octanol–water partition coefficient (Wildman–Crippen LogP) is 0.607. The molecule has 26 heavy (non-hydrogen) atoms. The van der Waals surface area contributed by atoms with Gasteiger partial charge in [-0.15, -0.1) is 0 Å². The first-order valence-electron chi connectivity index (χ1n) is 8.92. The topological polar surface area (TPSA) is 80.6 Å². The molecular formula is C18H25N5O3. The molecule has 0 saturated carbocycles. The van der Waals surface area contributed by atoms with E-state index in [1.54, 1.807) is 23.0 Å². The van der Waals surface area contributed by atoms with Gasteiger partial charge in [-0.2, -0.15) is 0 Å². The number of likely N-dealkylation sites (N-methyl/N-ethyl adjacent to an activating group) is 1. The van der Waals surface area contributed by atoms with E-state index in [-0.39, 0.29) is 11.8 Å². The second-order valence-electron chi connectivity index (χ2n) is 6.48. The van der Waals surface area contributed by atoms with Crippen LogP contribution in [0, 0.1) is 0 Å². The minimum absolute atomic E-state index is 0.0188. The molecule has 140 valence electrons. The summed E-state index contributed by atoms with van der Waals surface area (Å²) >= 11 is 0. The quantitative estimate of drug-likeness (QED) is 0.781. The van der Waals surface area contributed by atoms with E-state index >= 15 is 0 Å². The zero-order valence-electron chi connectivity index (χ0n) is 15.5. The van der Waals surface area contributed by atoms with Crippen LogP contribution < -0.4 is 0 Å². The van der Waals surface area contributed by atoms with Crippen LogP contribution in [0.15, 0.2) is 18.3 Å². The van der Waals surface area contributed by atoms with Crippen molar-refractivity contribution in [3.05, 3.63) is 24.2 Å². The monoisotopic (exact) mass is 359 g/mol. The van der Waals surface area contributed by atoms with Gasteiger partial charge in [-0.3, -0.25) is 9.59 Å². The Labute approximate surface area is 152 Å². The first-order chi connectivity index (χ1) is 12.5. The second kappa shape index (κ2) is 7.82. The van der Waals surface area contributed by atoms with Gasteiger partial charge in [-0.25, -0.2) is 9.97 Å². The maximum absolute atomic E-state index is 12.6. The Hall–Kier alpha value is -2.48. The zero-order valence-corrected chi connectivity index (χ0v) is 15.5. The van der Waals surface area contributed by atoms with Crippen molar-refractivity contribution in [2.45, 2.75) is 25.9 Å². The standard InChI is InChI=1S/C18H25N5O3/c1-4-21(2)18(25)14-12-23(10-11-26-14)16(24)8-7-15-20-13-6-5-9-19-17(13)22(15)3/h5-6,9,14H,4,7-8,10-12H2,1-3H3/t14-/m0/s1. The second-order valence-corrected chi connectivity index (χ2v) is 6.48. The molecule has 2 aromatic rings. The molecule has 3 rings (SSSR count). The van der Waals surface area contributed by atoms with Crippen molar-refractivity contribution in [3.63, 3.8) is 0 Å². The molecule has 0 bridgehead atoms. The Morgan fingerprint density at radius 2 is 2.23 bits per heavy atom. The molecule has 2 amide bonds. The fraction of sp³-hybridized carbons (Fsp3) is 0.556. The van der Waals surface area contributed by atoms with E-state index in [0.29, 0.717) is 39.1 Å². The third-order valence-electron chi connectivity index (χ3n) is 4.83. The number of carbonyl (C=O) groups is 2. The number of nitrogens with zero attached hydrogens (tertiary/aromatic N) is 5. The van der Waals surface area contributed by atoms with Gasteiger partial charge in [0.05, 0.1) is 13.2 Å². The molecule has 0 unspecified atom stereocenters. The molecule has 1 atom stereocenters. The van der Waals surface area contributed by atoms with Crippen molar-refractivity contribution in [1.82, 2.24) is 24.3 Å². The van der Waals surface area contributed by atoms with Gasteiger partial charge in [0.2, 0.25) is 5.91 Å². The van der Waals surface area contributed by atoms with Crippen LogP contribution in [0.2, 0.25) is 0 Å². The first kappa shape index (κ1) is 18.3. The number of aryl methyl sites for hydroxylation is 2. The SMILES string of the molecule is CCN(C)C(=O)[C@@H]1CN(C(=O)CCc2nc3cccnc3n2C)CCO1. The van der Waals surface area contributed by atoms with Gasteiger partial charge in [0.25, 0.3) is 5.91 Å². The molecule has 3 heterocycles. The van der Waals surface area contributed by atoms with Crippen LogP contribution in [0.25, 0.3) is 11.2 Å². The van der Waals surface area contributed by atoms with Crippen molar-refractivity contribution >= 4 is 23.0 Å². The minimum atomic E-state index is -0.572. The van der Waals surface area contributed by atoms with Crippen molar-refractivity contribution < 1.29 is 14.3 Å². The molecule has 8 nitrogen and oxygen atoms in total. The molecule has 0 aromatic carbocycles. The van der Waals surface area contributed by atoms with Crippen LogP contribution in [0.1, 0.15) is 19.2 Å². The molecule has 0 radical (unpaired) electrons. The van der Waals surface area contributed by atoms with E-state index in [1.165, 1.54) is 0 Å². The molecule has 8 heteroatoms. The van der Waals surface area contributed by atoms with Gasteiger partial charge >= 0.3 is 0 Å². The van der Waals surface area contributed by atoms with Crippen LogP contribution >= 0.6 is 0 Å². The molecular weight excluding hydrogens is 334 g/mol. The number of morpholine rings is 1. The van der Waals surface area contributed by atoms with E-state index in [4.69, 9.17) is 4.74 Å². The van der Waals surface area contributed by atoms with E-state index in [9.17, 15) is 9.59 Å².